The fourth-order valence-corrected chi connectivity index (χ4v) is 3.55. The molecule has 0 unspecified atom stereocenters. The lowest BCUT2D eigenvalue weighted by molar-refractivity contribution is 0.262. The van der Waals surface area contributed by atoms with Crippen molar-refractivity contribution in [3.8, 4) is 0 Å². The SMILES string of the molecule is O=C(Nc1nnc(SCc2ccccc2)s1)Nc1ccccc1F. The molecule has 5 nitrogen and oxygen atoms in total. The number of carbonyl (C=O) groups is 1. The number of thioether (sulfide) groups is 1. The van der Waals surface area contributed by atoms with Crippen LogP contribution in [0.4, 0.5) is 20.0 Å². The lowest BCUT2D eigenvalue weighted by Crippen LogP contribution is -2.19. The normalized spacial score (nSPS) is 10.4. The summed E-state index contributed by atoms with van der Waals surface area (Å²) in [6.07, 6.45) is 0. The van der Waals surface area contributed by atoms with Gasteiger partial charge in [0.1, 0.15) is 5.82 Å². The molecule has 0 spiro atoms. The number of rotatable bonds is 5. The molecule has 122 valence electrons. The Morgan fingerprint density at radius 2 is 1.79 bits per heavy atom. The van der Waals surface area contributed by atoms with Crippen LogP contribution in [0, 0.1) is 5.82 Å². The molecule has 3 aromatic rings. The second-order valence-corrected chi connectivity index (χ2v) is 6.91. The molecule has 0 aliphatic heterocycles. The van der Waals surface area contributed by atoms with Gasteiger partial charge in [-0.15, -0.1) is 10.2 Å². The van der Waals surface area contributed by atoms with Crippen molar-refractivity contribution in [1.29, 1.82) is 0 Å². The number of anilines is 2. The number of nitrogens with zero attached hydrogens (tertiary/aromatic N) is 2. The van der Waals surface area contributed by atoms with Crippen molar-refractivity contribution in [2.75, 3.05) is 10.6 Å². The topological polar surface area (TPSA) is 66.9 Å². The number of halogens is 1. The van der Waals surface area contributed by atoms with Crippen LogP contribution in [-0.2, 0) is 5.75 Å². The summed E-state index contributed by atoms with van der Waals surface area (Å²) >= 11 is 2.81. The molecule has 0 saturated heterocycles. The molecule has 3 rings (SSSR count). The fourth-order valence-electron chi connectivity index (χ4n) is 1.85. The van der Waals surface area contributed by atoms with Crippen LogP contribution in [0.1, 0.15) is 5.56 Å². The molecule has 1 aromatic heterocycles. The molecule has 0 aliphatic carbocycles. The van der Waals surface area contributed by atoms with E-state index in [0.29, 0.717) is 5.13 Å². The van der Waals surface area contributed by atoms with E-state index in [1.165, 1.54) is 29.0 Å². The third-order valence-electron chi connectivity index (χ3n) is 2.95. The summed E-state index contributed by atoms with van der Waals surface area (Å²) in [4.78, 5) is 11.9. The Kier molecular flexibility index (Phi) is 5.39. The molecule has 24 heavy (non-hydrogen) atoms. The molecule has 1 heterocycles. The van der Waals surface area contributed by atoms with E-state index in [9.17, 15) is 9.18 Å². The zero-order chi connectivity index (χ0) is 16.8. The molecule has 0 aliphatic rings. The van der Waals surface area contributed by atoms with Gasteiger partial charge in [-0.1, -0.05) is 65.6 Å². The number of nitrogens with one attached hydrogen (secondary N) is 2. The summed E-state index contributed by atoms with van der Waals surface area (Å²) in [5.74, 6) is 0.278. The van der Waals surface area contributed by atoms with E-state index >= 15 is 0 Å². The number of urea groups is 1. The Hall–Kier alpha value is -2.45. The number of hydrogen-bond acceptors (Lipinski definition) is 5. The summed E-state index contributed by atoms with van der Waals surface area (Å²) in [6, 6.07) is 15.4. The molecule has 2 aromatic carbocycles. The van der Waals surface area contributed by atoms with Crippen LogP contribution in [0.2, 0.25) is 0 Å². The fraction of sp³-hybridized carbons (Fsp3) is 0.0625. The second-order valence-electron chi connectivity index (χ2n) is 4.71. The molecule has 0 atom stereocenters. The minimum atomic E-state index is -0.559. The summed E-state index contributed by atoms with van der Waals surface area (Å²) in [7, 11) is 0. The third kappa shape index (κ3) is 4.53. The molecule has 2 amide bonds. The van der Waals surface area contributed by atoms with Gasteiger partial charge >= 0.3 is 6.03 Å². The quantitative estimate of drug-likeness (QED) is 0.515. The first kappa shape index (κ1) is 16.4. The van der Waals surface area contributed by atoms with Crippen molar-refractivity contribution < 1.29 is 9.18 Å². The van der Waals surface area contributed by atoms with E-state index in [1.807, 2.05) is 30.3 Å². The average molecular weight is 360 g/mol. The summed E-state index contributed by atoms with van der Waals surface area (Å²) in [5, 5.41) is 13.3. The molecule has 0 saturated carbocycles. The average Bonchev–Trinajstić information content (AvgIpc) is 3.03. The third-order valence-corrected chi connectivity index (χ3v) is 5.00. The number of carbonyl (C=O) groups excluding carboxylic acids is 1. The maximum atomic E-state index is 13.5. The van der Waals surface area contributed by atoms with Crippen molar-refractivity contribution in [2.24, 2.45) is 0 Å². The maximum absolute atomic E-state index is 13.5. The molecule has 0 bridgehead atoms. The van der Waals surface area contributed by atoms with Gasteiger partial charge in [0.2, 0.25) is 5.13 Å². The Morgan fingerprint density at radius 3 is 2.58 bits per heavy atom. The summed E-state index contributed by atoms with van der Waals surface area (Å²) in [6.45, 7) is 0. The van der Waals surface area contributed by atoms with Crippen molar-refractivity contribution in [2.45, 2.75) is 10.1 Å². The van der Waals surface area contributed by atoms with Crippen LogP contribution >= 0.6 is 23.1 Å². The van der Waals surface area contributed by atoms with Crippen molar-refractivity contribution in [1.82, 2.24) is 10.2 Å². The van der Waals surface area contributed by atoms with Crippen LogP contribution < -0.4 is 10.6 Å². The van der Waals surface area contributed by atoms with Crippen LogP contribution in [0.15, 0.2) is 58.9 Å². The van der Waals surface area contributed by atoms with Gasteiger partial charge < -0.3 is 5.32 Å². The van der Waals surface area contributed by atoms with Gasteiger partial charge in [-0.05, 0) is 17.7 Å². The van der Waals surface area contributed by atoms with E-state index in [1.54, 1.807) is 23.9 Å². The molecule has 0 fully saturated rings. The minimum absolute atomic E-state index is 0.109. The molecular weight excluding hydrogens is 347 g/mol. The Balaban J connectivity index is 1.54. The van der Waals surface area contributed by atoms with Gasteiger partial charge in [-0.2, -0.15) is 0 Å². The van der Waals surface area contributed by atoms with Gasteiger partial charge in [-0.25, -0.2) is 9.18 Å². The number of para-hydroxylation sites is 1. The van der Waals surface area contributed by atoms with Gasteiger partial charge in [0, 0.05) is 5.75 Å². The van der Waals surface area contributed by atoms with Gasteiger partial charge in [0.15, 0.2) is 4.34 Å². The smallest absolute Gasteiger partial charge is 0.305 e. The Bertz CT molecular complexity index is 826. The minimum Gasteiger partial charge on any atom is -0.305 e. The lowest BCUT2D eigenvalue weighted by Gasteiger charge is -2.05. The molecule has 8 heteroatoms. The van der Waals surface area contributed by atoms with Crippen molar-refractivity contribution in [3.63, 3.8) is 0 Å². The van der Waals surface area contributed by atoms with E-state index < -0.39 is 11.8 Å². The number of benzene rings is 2. The highest BCUT2D eigenvalue weighted by atomic mass is 32.2. The highest BCUT2D eigenvalue weighted by molar-refractivity contribution is 8.00. The van der Waals surface area contributed by atoms with Gasteiger partial charge in [-0.3, -0.25) is 5.32 Å². The molecule has 0 radical (unpaired) electrons. The standard InChI is InChI=1S/C16H13FN4OS2/c17-12-8-4-5-9-13(12)18-14(22)19-15-20-21-16(24-15)23-10-11-6-2-1-3-7-11/h1-9H,10H2,(H2,18,19,20,22). The Morgan fingerprint density at radius 1 is 1.04 bits per heavy atom. The predicted octanol–water partition coefficient (Wildman–Crippen LogP) is 4.61. The lowest BCUT2D eigenvalue weighted by atomic mass is 10.2. The zero-order valence-corrected chi connectivity index (χ0v) is 14.0. The zero-order valence-electron chi connectivity index (χ0n) is 12.4. The van der Waals surface area contributed by atoms with Crippen LogP contribution in [0.3, 0.4) is 0 Å². The van der Waals surface area contributed by atoms with E-state index in [4.69, 9.17) is 0 Å². The second kappa shape index (κ2) is 7.89. The largest absolute Gasteiger partial charge is 0.325 e. The maximum Gasteiger partial charge on any atom is 0.325 e. The van der Waals surface area contributed by atoms with E-state index in [2.05, 4.69) is 20.8 Å². The summed E-state index contributed by atoms with van der Waals surface area (Å²) < 4.78 is 14.2. The molecular formula is C16H13FN4OS2. The van der Waals surface area contributed by atoms with E-state index in [0.717, 1.165) is 10.1 Å². The first-order valence-corrected chi connectivity index (χ1v) is 8.84. The van der Waals surface area contributed by atoms with Gasteiger partial charge in [0.25, 0.3) is 0 Å². The van der Waals surface area contributed by atoms with Crippen molar-refractivity contribution >= 4 is 39.9 Å². The van der Waals surface area contributed by atoms with E-state index in [-0.39, 0.29) is 5.69 Å². The van der Waals surface area contributed by atoms with Crippen LogP contribution in [0.5, 0.6) is 0 Å². The van der Waals surface area contributed by atoms with Crippen molar-refractivity contribution in [3.05, 3.63) is 66.0 Å². The van der Waals surface area contributed by atoms with Crippen LogP contribution in [-0.4, -0.2) is 16.2 Å². The van der Waals surface area contributed by atoms with Crippen LogP contribution in [0.25, 0.3) is 0 Å². The first-order chi connectivity index (χ1) is 11.7. The number of hydrogen-bond donors (Lipinski definition) is 2. The highest BCUT2D eigenvalue weighted by Gasteiger charge is 2.10. The summed E-state index contributed by atoms with van der Waals surface area (Å²) in [5.41, 5.74) is 1.29. The molecule has 2 N–H and O–H groups in total. The first-order valence-electron chi connectivity index (χ1n) is 7.03. The Labute approximate surface area is 146 Å². The van der Waals surface area contributed by atoms with Gasteiger partial charge in [0.05, 0.1) is 5.69 Å². The highest BCUT2D eigenvalue weighted by Crippen LogP contribution is 2.28. The number of amides is 2. The number of aromatic nitrogens is 2. The predicted molar refractivity (Wildman–Crippen MR) is 95.0 cm³/mol. The monoisotopic (exact) mass is 360 g/mol.